The number of rotatable bonds is 8. The number of hydrogen-bond acceptors (Lipinski definition) is 4. The van der Waals surface area contributed by atoms with E-state index in [1.54, 1.807) is 13.2 Å². The highest BCUT2D eigenvalue weighted by atomic mass is 16.5. The van der Waals surface area contributed by atoms with Crippen molar-refractivity contribution in [1.82, 2.24) is 14.5 Å². The van der Waals surface area contributed by atoms with Crippen LogP contribution in [0.4, 0.5) is 0 Å². The minimum absolute atomic E-state index is 0.233. The van der Waals surface area contributed by atoms with Crippen molar-refractivity contribution in [2.24, 2.45) is 14.1 Å². The highest BCUT2D eigenvalue weighted by Crippen LogP contribution is 1.94. The van der Waals surface area contributed by atoms with E-state index >= 15 is 0 Å². The molecule has 6 heteroatoms. The first kappa shape index (κ1) is 16.7. The van der Waals surface area contributed by atoms with Crippen molar-refractivity contribution in [2.45, 2.75) is 39.3 Å². The first-order chi connectivity index (χ1) is 9.43. The van der Waals surface area contributed by atoms with Gasteiger partial charge in [0.1, 0.15) is 0 Å². The van der Waals surface area contributed by atoms with E-state index in [-0.39, 0.29) is 17.4 Å². The number of ether oxygens (including phenoxy) is 1. The lowest BCUT2D eigenvalue weighted by Crippen LogP contribution is -2.39. The van der Waals surface area contributed by atoms with Crippen molar-refractivity contribution < 1.29 is 4.74 Å². The third-order valence-electron chi connectivity index (χ3n) is 3.03. The van der Waals surface area contributed by atoms with Gasteiger partial charge >= 0.3 is 5.69 Å². The Morgan fingerprint density at radius 3 is 2.60 bits per heavy atom. The Balaban J connectivity index is 2.36. The van der Waals surface area contributed by atoms with Crippen molar-refractivity contribution in [2.75, 3.05) is 13.2 Å². The lowest BCUT2D eigenvalue weighted by molar-refractivity contribution is 0.0760. The largest absolute Gasteiger partial charge is 0.379 e. The predicted molar refractivity (Wildman–Crippen MR) is 79.0 cm³/mol. The van der Waals surface area contributed by atoms with E-state index in [9.17, 15) is 9.59 Å². The van der Waals surface area contributed by atoms with Gasteiger partial charge in [0.05, 0.1) is 6.10 Å². The van der Waals surface area contributed by atoms with Crippen LogP contribution in [-0.2, 0) is 25.4 Å². The highest BCUT2D eigenvalue weighted by Gasteiger charge is 2.05. The fourth-order valence-corrected chi connectivity index (χ4v) is 1.90. The summed E-state index contributed by atoms with van der Waals surface area (Å²) in [6, 6.07) is 0. The second kappa shape index (κ2) is 8.01. The monoisotopic (exact) mass is 283 g/mol. The van der Waals surface area contributed by atoms with E-state index in [0.29, 0.717) is 12.1 Å². The Bertz CT molecular complexity index is 531. The van der Waals surface area contributed by atoms with Crippen LogP contribution in [0.5, 0.6) is 0 Å². The van der Waals surface area contributed by atoms with Gasteiger partial charge in [-0.05, 0) is 33.2 Å². The molecule has 0 aliphatic rings. The molecule has 0 aliphatic carbocycles. The molecular weight excluding hydrogens is 258 g/mol. The third kappa shape index (κ3) is 4.94. The molecule has 1 N–H and O–H groups in total. The van der Waals surface area contributed by atoms with E-state index in [0.717, 1.165) is 30.6 Å². The first-order valence-electron chi connectivity index (χ1n) is 7.01. The zero-order valence-electron chi connectivity index (χ0n) is 12.8. The van der Waals surface area contributed by atoms with Gasteiger partial charge in [0, 0.05) is 39.0 Å². The summed E-state index contributed by atoms with van der Waals surface area (Å²) in [5.74, 6) is 0. The molecule has 0 aliphatic heterocycles. The molecule has 114 valence electrons. The minimum atomic E-state index is -0.301. The lowest BCUT2D eigenvalue weighted by atomic mass is 10.3. The molecule has 0 saturated heterocycles. The van der Waals surface area contributed by atoms with Crippen LogP contribution >= 0.6 is 0 Å². The second-order valence-corrected chi connectivity index (χ2v) is 5.22. The van der Waals surface area contributed by atoms with Gasteiger partial charge in [0.25, 0.3) is 5.56 Å². The van der Waals surface area contributed by atoms with Gasteiger partial charge in [-0.2, -0.15) is 0 Å². The molecule has 1 heterocycles. The minimum Gasteiger partial charge on any atom is -0.379 e. The van der Waals surface area contributed by atoms with Gasteiger partial charge in [-0.3, -0.25) is 9.36 Å². The Morgan fingerprint density at radius 1 is 1.25 bits per heavy atom. The third-order valence-corrected chi connectivity index (χ3v) is 3.03. The van der Waals surface area contributed by atoms with Crippen LogP contribution < -0.4 is 16.6 Å². The average molecular weight is 283 g/mol. The summed E-state index contributed by atoms with van der Waals surface area (Å²) in [4.78, 5) is 23.4. The van der Waals surface area contributed by atoms with Gasteiger partial charge in [-0.25, -0.2) is 4.79 Å². The Morgan fingerprint density at radius 2 is 1.95 bits per heavy atom. The van der Waals surface area contributed by atoms with E-state index in [2.05, 4.69) is 5.32 Å². The van der Waals surface area contributed by atoms with Crippen LogP contribution in [-0.4, -0.2) is 28.4 Å². The first-order valence-corrected chi connectivity index (χ1v) is 7.01. The standard InChI is InChI=1S/C14H25N3O3/c1-11(2)20-8-6-5-7-15-9-12-10-16(3)14(19)17(4)13(12)18/h10-11,15H,5-9H2,1-4H3. The number of aryl methyl sites for hydroxylation is 1. The quantitative estimate of drug-likeness (QED) is 0.701. The molecule has 0 bridgehead atoms. The van der Waals surface area contributed by atoms with Crippen molar-refractivity contribution in [1.29, 1.82) is 0 Å². The molecule has 0 spiro atoms. The van der Waals surface area contributed by atoms with Crippen molar-refractivity contribution in [3.63, 3.8) is 0 Å². The fourth-order valence-electron chi connectivity index (χ4n) is 1.90. The maximum Gasteiger partial charge on any atom is 0.330 e. The van der Waals surface area contributed by atoms with Gasteiger partial charge < -0.3 is 14.6 Å². The molecule has 0 saturated carbocycles. The number of unbranched alkanes of at least 4 members (excludes halogenated alkanes) is 1. The van der Waals surface area contributed by atoms with E-state index < -0.39 is 0 Å². The summed E-state index contributed by atoms with van der Waals surface area (Å²) in [7, 11) is 3.14. The summed E-state index contributed by atoms with van der Waals surface area (Å²) >= 11 is 0. The van der Waals surface area contributed by atoms with E-state index in [1.165, 1.54) is 11.6 Å². The molecule has 1 aromatic heterocycles. The summed E-state index contributed by atoms with van der Waals surface area (Å²) in [6.45, 7) is 6.11. The number of nitrogens with zero attached hydrogens (tertiary/aromatic N) is 2. The number of aromatic nitrogens is 2. The van der Waals surface area contributed by atoms with Gasteiger partial charge in [-0.15, -0.1) is 0 Å². The van der Waals surface area contributed by atoms with Crippen LogP contribution in [0.15, 0.2) is 15.8 Å². The maximum absolute atomic E-state index is 11.9. The van der Waals surface area contributed by atoms with Gasteiger partial charge in [0.2, 0.25) is 0 Å². The summed E-state index contributed by atoms with van der Waals surface area (Å²) < 4.78 is 8.01. The molecule has 0 fully saturated rings. The Kier molecular flexibility index (Phi) is 6.67. The lowest BCUT2D eigenvalue weighted by Gasteiger charge is -2.09. The molecule has 1 rings (SSSR count). The van der Waals surface area contributed by atoms with Gasteiger partial charge in [0.15, 0.2) is 0 Å². The summed E-state index contributed by atoms with van der Waals surface area (Å²) in [5.41, 5.74) is 0.0707. The topological polar surface area (TPSA) is 65.3 Å². The molecule has 0 radical (unpaired) electrons. The zero-order chi connectivity index (χ0) is 15.1. The maximum atomic E-state index is 11.9. The van der Waals surface area contributed by atoms with Gasteiger partial charge in [-0.1, -0.05) is 0 Å². The Labute approximate surface area is 119 Å². The summed E-state index contributed by atoms with van der Waals surface area (Å²) in [5, 5.41) is 3.22. The molecule has 0 aromatic carbocycles. The van der Waals surface area contributed by atoms with Crippen molar-refractivity contribution in [3.05, 3.63) is 32.6 Å². The molecule has 6 nitrogen and oxygen atoms in total. The molecular formula is C14H25N3O3. The van der Waals surface area contributed by atoms with E-state index in [1.807, 2.05) is 13.8 Å². The average Bonchev–Trinajstić information content (AvgIpc) is 2.40. The van der Waals surface area contributed by atoms with Crippen LogP contribution in [0.2, 0.25) is 0 Å². The normalized spacial score (nSPS) is 11.2. The van der Waals surface area contributed by atoms with Crippen LogP contribution in [0.25, 0.3) is 0 Å². The van der Waals surface area contributed by atoms with Crippen molar-refractivity contribution in [3.8, 4) is 0 Å². The highest BCUT2D eigenvalue weighted by molar-refractivity contribution is 5.05. The van der Waals surface area contributed by atoms with E-state index in [4.69, 9.17) is 4.74 Å². The summed E-state index contributed by atoms with van der Waals surface area (Å²) in [6.07, 6.45) is 3.87. The van der Waals surface area contributed by atoms with Crippen LogP contribution in [0.3, 0.4) is 0 Å². The SMILES string of the molecule is CC(C)OCCCCNCc1cn(C)c(=O)n(C)c1=O. The molecule has 20 heavy (non-hydrogen) atoms. The van der Waals surface area contributed by atoms with Crippen LogP contribution in [0.1, 0.15) is 32.3 Å². The number of nitrogens with one attached hydrogen (secondary N) is 1. The number of hydrogen-bond donors (Lipinski definition) is 1. The fraction of sp³-hybridized carbons (Fsp3) is 0.714. The molecule has 0 amide bonds. The second-order valence-electron chi connectivity index (χ2n) is 5.22. The molecule has 0 unspecified atom stereocenters. The Hall–Kier alpha value is -1.40. The smallest absolute Gasteiger partial charge is 0.330 e. The predicted octanol–water partition coefficient (Wildman–Crippen LogP) is 0.379. The van der Waals surface area contributed by atoms with Crippen LogP contribution in [0, 0.1) is 0 Å². The molecule has 1 aromatic rings. The molecule has 0 atom stereocenters. The zero-order valence-corrected chi connectivity index (χ0v) is 12.8. The van der Waals surface area contributed by atoms with Crippen molar-refractivity contribution >= 4 is 0 Å².